The van der Waals surface area contributed by atoms with E-state index < -0.39 is 0 Å². The second-order valence-corrected chi connectivity index (χ2v) is 8.14. The van der Waals surface area contributed by atoms with Gasteiger partial charge in [0.2, 0.25) is 0 Å². The molecule has 4 rings (SSSR count). The summed E-state index contributed by atoms with van der Waals surface area (Å²) in [6.45, 7) is 5.51. The molecule has 1 amide bonds. The summed E-state index contributed by atoms with van der Waals surface area (Å²) in [5.41, 5.74) is 3.56. The van der Waals surface area contributed by atoms with Crippen LogP contribution in [-0.4, -0.2) is 57.7 Å². The smallest absolute Gasteiger partial charge is 0.261 e. The van der Waals surface area contributed by atoms with Gasteiger partial charge in [-0.3, -0.25) is 9.69 Å². The number of halogens is 1. The molecule has 0 spiro atoms. The quantitative estimate of drug-likeness (QED) is 0.477. The molecule has 0 bridgehead atoms. The molecular formula is C24H27ClN4O2. The Balaban J connectivity index is 1.30. The van der Waals surface area contributed by atoms with Gasteiger partial charge >= 0.3 is 0 Å². The van der Waals surface area contributed by atoms with Crippen LogP contribution in [-0.2, 0) is 0 Å². The maximum atomic E-state index is 13.1. The van der Waals surface area contributed by atoms with E-state index in [1.807, 2.05) is 31.2 Å². The molecule has 0 fully saturated rings. The Morgan fingerprint density at radius 1 is 1.16 bits per heavy atom. The molecule has 7 heteroatoms. The molecule has 0 unspecified atom stereocenters. The van der Waals surface area contributed by atoms with E-state index in [-0.39, 0.29) is 11.8 Å². The standard InChI is InChI=1S/C24H27ClN4O2/c1-18-5-6-21-22(15-18)31-17-20(16-25)29(24(21)30)12-3-2-11-28-13-7-19(8-14-28)23-26-9-4-10-27-23/h4-7,9-10,15,17H,2-3,8,11-14,16H2,1H3. The molecule has 2 aliphatic heterocycles. The molecule has 1 aromatic heterocycles. The van der Waals surface area contributed by atoms with Crippen molar-refractivity contribution in [1.29, 1.82) is 0 Å². The van der Waals surface area contributed by atoms with Gasteiger partial charge < -0.3 is 9.64 Å². The average Bonchev–Trinajstić information content (AvgIpc) is 2.93. The van der Waals surface area contributed by atoms with Crippen LogP contribution in [0.4, 0.5) is 0 Å². The first-order valence-corrected chi connectivity index (χ1v) is 11.2. The Hall–Kier alpha value is -2.70. The monoisotopic (exact) mass is 438 g/mol. The summed E-state index contributed by atoms with van der Waals surface area (Å²) in [4.78, 5) is 26.0. The lowest BCUT2D eigenvalue weighted by molar-refractivity contribution is 0.0805. The van der Waals surface area contributed by atoms with Gasteiger partial charge in [-0.2, -0.15) is 0 Å². The summed E-state index contributed by atoms with van der Waals surface area (Å²) in [5.74, 6) is 1.61. The van der Waals surface area contributed by atoms with Crippen LogP contribution in [0.5, 0.6) is 5.75 Å². The highest BCUT2D eigenvalue weighted by Crippen LogP contribution is 2.28. The first-order valence-electron chi connectivity index (χ1n) is 10.7. The first-order chi connectivity index (χ1) is 15.2. The van der Waals surface area contributed by atoms with Gasteiger partial charge in [0, 0.05) is 32.0 Å². The zero-order valence-corrected chi connectivity index (χ0v) is 18.5. The number of ether oxygens (including phenoxy) is 1. The van der Waals surface area contributed by atoms with Crippen LogP contribution in [0.2, 0.25) is 0 Å². The number of hydrogen-bond donors (Lipinski definition) is 0. The van der Waals surface area contributed by atoms with Crippen LogP contribution >= 0.6 is 11.6 Å². The van der Waals surface area contributed by atoms with E-state index in [1.165, 1.54) is 5.57 Å². The zero-order valence-electron chi connectivity index (χ0n) is 17.8. The number of fused-ring (bicyclic) bond motifs is 1. The maximum absolute atomic E-state index is 13.1. The normalized spacial score (nSPS) is 16.8. The molecule has 0 atom stereocenters. The fraction of sp³-hybridized carbons (Fsp3) is 0.375. The summed E-state index contributed by atoms with van der Waals surface area (Å²) < 4.78 is 5.75. The number of aromatic nitrogens is 2. The molecular weight excluding hydrogens is 412 g/mol. The zero-order chi connectivity index (χ0) is 21.6. The average molecular weight is 439 g/mol. The molecule has 0 radical (unpaired) electrons. The van der Waals surface area contributed by atoms with Crippen LogP contribution < -0.4 is 4.74 Å². The van der Waals surface area contributed by atoms with Crippen molar-refractivity contribution >= 4 is 23.1 Å². The largest absolute Gasteiger partial charge is 0.462 e. The third-order valence-electron chi connectivity index (χ3n) is 5.67. The van der Waals surface area contributed by atoms with Crippen molar-refractivity contribution in [3.05, 3.63) is 71.6 Å². The molecule has 3 heterocycles. The lowest BCUT2D eigenvalue weighted by Crippen LogP contribution is -2.33. The number of carbonyl (C=O) groups excluding carboxylic acids is 1. The van der Waals surface area contributed by atoms with Crippen LogP contribution in [0.1, 0.15) is 41.0 Å². The summed E-state index contributed by atoms with van der Waals surface area (Å²) in [7, 11) is 0. The Morgan fingerprint density at radius 3 is 2.71 bits per heavy atom. The minimum atomic E-state index is -0.0483. The van der Waals surface area contributed by atoms with Crippen molar-refractivity contribution in [1.82, 2.24) is 19.8 Å². The number of amides is 1. The number of nitrogens with zero attached hydrogens (tertiary/aromatic N) is 4. The first kappa shape index (κ1) is 21.5. The van der Waals surface area contributed by atoms with Gasteiger partial charge in [0.05, 0.1) is 17.1 Å². The minimum absolute atomic E-state index is 0.0483. The molecule has 0 saturated heterocycles. The van der Waals surface area contributed by atoms with Crippen molar-refractivity contribution in [3.8, 4) is 5.75 Å². The van der Waals surface area contributed by atoms with Crippen molar-refractivity contribution in [3.63, 3.8) is 0 Å². The number of allylic oxidation sites excluding steroid dienone is 1. The van der Waals surface area contributed by atoms with Gasteiger partial charge in [-0.05, 0) is 62.1 Å². The van der Waals surface area contributed by atoms with E-state index in [1.54, 1.807) is 23.6 Å². The molecule has 31 heavy (non-hydrogen) atoms. The fourth-order valence-corrected chi connectivity index (χ4v) is 4.12. The van der Waals surface area contributed by atoms with Gasteiger partial charge in [0.25, 0.3) is 5.91 Å². The van der Waals surface area contributed by atoms with Crippen molar-refractivity contribution in [2.75, 3.05) is 32.1 Å². The van der Waals surface area contributed by atoms with E-state index >= 15 is 0 Å². The van der Waals surface area contributed by atoms with Crippen LogP contribution in [0.15, 0.2) is 54.7 Å². The molecule has 6 nitrogen and oxygen atoms in total. The van der Waals surface area contributed by atoms with Crippen LogP contribution in [0.25, 0.3) is 5.57 Å². The summed E-state index contributed by atoms with van der Waals surface area (Å²) in [5, 5.41) is 0. The topological polar surface area (TPSA) is 58.6 Å². The number of alkyl halides is 1. The molecule has 2 aliphatic rings. The summed E-state index contributed by atoms with van der Waals surface area (Å²) >= 11 is 6.12. The second-order valence-electron chi connectivity index (χ2n) is 7.88. The highest BCUT2D eigenvalue weighted by atomic mass is 35.5. The number of unbranched alkanes of at least 4 members (excludes halogenated alkanes) is 1. The molecule has 0 saturated carbocycles. The number of carbonyl (C=O) groups is 1. The van der Waals surface area contributed by atoms with Gasteiger partial charge in [-0.1, -0.05) is 12.1 Å². The van der Waals surface area contributed by atoms with E-state index in [0.29, 0.717) is 23.6 Å². The van der Waals surface area contributed by atoms with Gasteiger partial charge in [0.1, 0.15) is 12.0 Å². The third-order valence-corrected chi connectivity index (χ3v) is 5.94. The highest BCUT2D eigenvalue weighted by Gasteiger charge is 2.25. The molecule has 0 aliphatic carbocycles. The van der Waals surface area contributed by atoms with Gasteiger partial charge in [-0.15, -0.1) is 11.6 Å². The lowest BCUT2D eigenvalue weighted by atomic mass is 10.1. The van der Waals surface area contributed by atoms with E-state index in [4.69, 9.17) is 16.3 Å². The number of hydrogen-bond acceptors (Lipinski definition) is 5. The van der Waals surface area contributed by atoms with Crippen molar-refractivity contribution in [2.45, 2.75) is 26.2 Å². The number of benzene rings is 1. The van der Waals surface area contributed by atoms with Crippen LogP contribution in [0.3, 0.4) is 0 Å². The predicted molar refractivity (Wildman–Crippen MR) is 122 cm³/mol. The molecule has 1 aromatic carbocycles. The molecule has 0 N–H and O–H groups in total. The van der Waals surface area contributed by atoms with E-state index in [2.05, 4.69) is 20.9 Å². The summed E-state index contributed by atoms with van der Waals surface area (Å²) in [6.07, 6.45) is 10.3. The van der Waals surface area contributed by atoms with Crippen molar-refractivity contribution < 1.29 is 9.53 Å². The van der Waals surface area contributed by atoms with E-state index in [0.717, 1.165) is 50.3 Å². The SMILES string of the molecule is Cc1ccc2c(c1)OC=C(CCl)N(CCCCN1CC=C(c3ncccn3)CC1)C2=O. The second kappa shape index (κ2) is 10.1. The Kier molecular flexibility index (Phi) is 6.99. The number of aryl methyl sites for hydroxylation is 1. The highest BCUT2D eigenvalue weighted by molar-refractivity contribution is 6.19. The fourth-order valence-electron chi connectivity index (χ4n) is 3.91. The lowest BCUT2D eigenvalue weighted by Gasteiger charge is -2.27. The maximum Gasteiger partial charge on any atom is 0.261 e. The van der Waals surface area contributed by atoms with Crippen LogP contribution in [0, 0.1) is 6.92 Å². The Morgan fingerprint density at radius 2 is 1.97 bits per heavy atom. The van der Waals surface area contributed by atoms with E-state index in [9.17, 15) is 4.79 Å². The third kappa shape index (κ3) is 5.14. The summed E-state index contributed by atoms with van der Waals surface area (Å²) in [6, 6.07) is 7.49. The van der Waals surface area contributed by atoms with Crippen molar-refractivity contribution in [2.24, 2.45) is 0 Å². The minimum Gasteiger partial charge on any atom is -0.462 e. The number of rotatable bonds is 7. The molecule has 162 valence electrons. The predicted octanol–water partition coefficient (Wildman–Crippen LogP) is 4.27. The Labute approximate surface area is 188 Å². The molecule has 2 aromatic rings. The van der Waals surface area contributed by atoms with Gasteiger partial charge in [0.15, 0.2) is 5.82 Å². The Bertz CT molecular complexity index is 990. The van der Waals surface area contributed by atoms with Gasteiger partial charge in [-0.25, -0.2) is 9.97 Å².